The molecule has 0 unspecified atom stereocenters. The molecule has 27 heavy (non-hydrogen) atoms. The Morgan fingerprint density at radius 3 is 2.33 bits per heavy atom. The molecule has 4 rings (SSSR count). The van der Waals surface area contributed by atoms with E-state index in [1.165, 1.54) is 12.1 Å². The van der Waals surface area contributed by atoms with Gasteiger partial charge in [-0.2, -0.15) is 9.78 Å². The molecule has 0 aliphatic rings. The first-order valence-corrected chi connectivity index (χ1v) is 8.30. The van der Waals surface area contributed by atoms with Gasteiger partial charge in [0.2, 0.25) is 5.71 Å². The van der Waals surface area contributed by atoms with Crippen LogP contribution in [0.25, 0.3) is 27.9 Å². The van der Waals surface area contributed by atoms with E-state index in [0.29, 0.717) is 16.8 Å². The van der Waals surface area contributed by atoms with Crippen LogP contribution in [-0.2, 0) is 0 Å². The van der Waals surface area contributed by atoms with Gasteiger partial charge in [0.05, 0.1) is 27.3 Å². The van der Waals surface area contributed by atoms with Gasteiger partial charge in [0.15, 0.2) is 0 Å². The van der Waals surface area contributed by atoms with E-state index in [-0.39, 0.29) is 5.69 Å². The average molecular weight is 361 g/mol. The van der Waals surface area contributed by atoms with Crippen molar-refractivity contribution in [1.82, 2.24) is 9.78 Å². The molecule has 0 saturated carbocycles. The van der Waals surface area contributed by atoms with Gasteiger partial charge in [0, 0.05) is 12.1 Å². The molecule has 0 bridgehead atoms. The van der Waals surface area contributed by atoms with Crippen LogP contribution in [-0.4, -0.2) is 14.7 Å². The van der Waals surface area contributed by atoms with Crippen LogP contribution in [0.1, 0.15) is 11.3 Å². The quantitative estimate of drug-likeness (QED) is 0.403. The highest BCUT2D eigenvalue weighted by Gasteiger charge is 2.20. The largest absolute Gasteiger partial charge is 0.403 e. The molecule has 0 atom stereocenters. The van der Waals surface area contributed by atoms with E-state index < -0.39 is 10.5 Å². The summed E-state index contributed by atoms with van der Waals surface area (Å²) in [6, 6.07) is 15.3. The molecule has 2 aromatic carbocycles. The number of fused-ring (bicyclic) bond motifs is 1. The molecule has 134 valence electrons. The van der Waals surface area contributed by atoms with Crippen LogP contribution in [0.15, 0.2) is 63.8 Å². The summed E-state index contributed by atoms with van der Waals surface area (Å²) in [6.07, 6.45) is 0. The van der Waals surface area contributed by atoms with Crippen molar-refractivity contribution < 1.29 is 9.34 Å². The van der Waals surface area contributed by atoms with E-state index in [9.17, 15) is 14.9 Å². The topological polar surface area (TPSA) is 91.2 Å². The zero-order valence-corrected chi connectivity index (χ0v) is 14.7. The van der Waals surface area contributed by atoms with Crippen molar-refractivity contribution in [2.75, 3.05) is 0 Å². The first kappa shape index (κ1) is 16.7. The highest BCUT2D eigenvalue weighted by Crippen LogP contribution is 2.30. The summed E-state index contributed by atoms with van der Waals surface area (Å²) in [5.74, 6) is 0. The molecule has 0 N–H and O–H groups in total. The maximum absolute atomic E-state index is 12.7. The van der Waals surface area contributed by atoms with Crippen LogP contribution in [0, 0.1) is 24.0 Å². The van der Waals surface area contributed by atoms with Gasteiger partial charge >= 0.3 is 5.63 Å². The molecular formula is C20H15N3O4. The number of nitro benzene ring substituents is 1. The van der Waals surface area contributed by atoms with Crippen LogP contribution in [0.4, 0.5) is 5.69 Å². The van der Waals surface area contributed by atoms with Crippen LogP contribution in [0.2, 0.25) is 0 Å². The maximum Gasteiger partial charge on any atom is 0.345 e. The standard InChI is InChI=1S/C20H15N3O4/c1-12-17-13(2)21-22(15-6-4-3-5-7-15)19(17)27-20(24)18(12)14-8-10-16(11-9-14)23(25)26/h3-11H,1-2H3. The second kappa shape index (κ2) is 6.21. The predicted octanol–water partition coefficient (Wildman–Crippen LogP) is 4.17. The normalized spacial score (nSPS) is 11.0. The Kier molecular flexibility index (Phi) is 3.84. The first-order valence-electron chi connectivity index (χ1n) is 8.30. The van der Waals surface area contributed by atoms with Gasteiger partial charge in [0.1, 0.15) is 0 Å². The molecule has 2 aromatic heterocycles. The number of hydrogen-bond acceptors (Lipinski definition) is 5. The van der Waals surface area contributed by atoms with Crippen molar-refractivity contribution in [3.63, 3.8) is 0 Å². The first-order chi connectivity index (χ1) is 13.0. The Labute approximate surface area is 153 Å². The fraction of sp³-hybridized carbons (Fsp3) is 0.100. The molecule has 0 fully saturated rings. The van der Waals surface area contributed by atoms with E-state index in [4.69, 9.17) is 4.42 Å². The lowest BCUT2D eigenvalue weighted by molar-refractivity contribution is -0.384. The summed E-state index contributed by atoms with van der Waals surface area (Å²) >= 11 is 0. The molecule has 0 saturated heterocycles. The maximum atomic E-state index is 12.7. The number of nitro groups is 1. The van der Waals surface area contributed by atoms with Gasteiger partial charge in [-0.25, -0.2) is 4.79 Å². The minimum Gasteiger partial charge on any atom is -0.403 e. The molecular weight excluding hydrogens is 346 g/mol. The molecule has 4 aromatic rings. The zero-order valence-electron chi connectivity index (χ0n) is 14.7. The number of hydrogen-bond donors (Lipinski definition) is 0. The second-order valence-corrected chi connectivity index (χ2v) is 6.21. The van der Waals surface area contributed by atoms with Crippen molar-refractivity contribution in [3.8, 4) is 16.8 Å². The van der Waals surface area contributed by atoms with Gasteiger partial charge in [-0.1, -0.05) is 18.2 Å². The summed E-state index contributed by atoms with van der Waals surface area (Å²) in [5.41, 5.74) is 3.05. The minimum atomic E-state index is -0.508. The highest BCUT2D eigenvalue weighted by atomic mass is 16.6. The molecule has 0 radical (unpaired) electrons. The van der Waals surface area contributed by atoms with E-state index in [2.05, 4.69) is 5.10 Å². The second-order valence-electron chi connectivity index (χ2n) is 6.21. The van der Waals surface area contributed by atoms with E-state index >= 15 is 0 Å². The van der Waals surface area contributed by atoms with Crippen molar-refractivity contribution in [3.05, 3.63) is 86.4 Å². The van der Waals surface area contributed by atoms with Gasteiger partial charge in [-0.3, -0.25) is 10.1 Å². The van der Waals surface area contributed by atoms with Crippen molar-refractivity contribution in [2.45, 2.75) is 13.8 Å². The predicted molar refractivity (Wildman–Crippen MR) is 101 cm³/mol. The Morgan fingerprint density at radius 2 is 1.70 bits per heavy atom. The van der Waals surface area contributed by atoms with Crippen LogP contribution < -0.4 is 5.63 Å². The minimum absolute atomic E-state index is 0.0325. The zero-order chi connectivity index (χ0) is 19.1. The fourth-order valence-electron chi connectivity index (χ4n) is 3.28. The number of rotatable bonds is 3. The van der Waals surface area contributed by atoms with Crippen molar-refractivity contribution in [1.29, 1.82) is 0 Å². The fourth-order valence-corrected chi connectivity index (χ4v) is 3.28. The van der Waals surface area contributed by atoms with Gasteiger partial charge in [-0.15, -0.1) is 0 Å². The smallest absolute Gasteiger partial charge is 0.345 e. The SMILES string of the molecule is Cc1nn(-c2ccccc2)c2oc(=O)c(-c3ccc([N+](=O)[O-])cc3)c(C)c12. The summed E-state index contributed by atoms with van der Waals surface area (Å²) in [4.78, 5) is 23.1. The van der Waals surface area contributed by atoms with Crippen LogP contribution in [0.3, 0.4) is 0 Å². The molecule has 0 aliphatic heterocycles. The Morgan fingerprint density at radius 1 is 1.04 bits per heavy atom. The van der Waals surface area contributed by atoms with E-state index in [1.807, 2.05) is 44.2 Å². The van der Waals surface area contributed by atoms with Crippen molar-refractivity contribution in [2.24, 2.45) is 0 Å². The third kappa shape index (κ3) is 2.69. The van der Waals surface area contributed by atoms with Gasteiger partial charge < -0.3 is 4.42 Å². The molecule has 0 spiro atoms. The van der Waals surface area contributed by atoms with Crippen LogP contribution in [0.5, 0.6) is 0 Å². The summed E-state index contributed by atoms with van der Waals surface area (Å²) in [7, 11) is 0. The number of nitrogens with zero attached hydrogens (tertiary/aromatic N) is 3. The van der Waals surface area contributed by atoms with E-state index in [0.717, 1.165) is 22.3 Å². The average Bonchev–Trinajstić information content (AvgIpc) is 2.99. The lowest BCUT2D eigenvalue weighted by Gasteiger charge is -2.07. The Balaban J connectivity index is 1.96. The van der Waals surface area contributed by atoms with Gasteiger partial charge in [-0.05, 0) is 49.2 Å². The number of aromatic nitrogens is 2. The number of non-ortho nitro benzene ring substituents is 1. The number of aryl methyl sites for hydroxylation is 2. The Bertz CT molecular complexity index is 1220. The van der Waals surface area contributed by atoms with Gasteiger partial charge in [0.25, 0.3) is 5.69 Å². The lowest BCUT2D eigenvalue weighted by atomic mass is 10.00. The van der Waals surface area contributed by atoms with Crippen LogP contribution >= 0.6 is 0 Å². The molecule has 0 aliphatic carbocycles. The summed E-state index contributed by atoms with van der Waals surface area (Å²) < 4.78 is 7.23. The third-order valence-electron chi connectivity index (χ3n) is 4.53. The van der Waals surface area contributed by atoms with Crippen molar-refractivity contribution >= 4 is 16.8 Å². The molecule has 0 amide bonds. The highest BCUT2D eigenvalue weighted by molar-refractivity contribution is 5.87. The monoisotopic (exact) mass is 361 g/mol. The van der Waals surface area contributed by atoms with E-state index in [1.54, 1.807) is 16.8 Å². The Hall–Kier alpha value is -3.74. The number of benzene rings is 2. The number of para-hydroxylation sites is 1. The third-order valence-corrected chi connectivity index (χ3v) is 4.53. The summed E-state index contributed by atoms with van der Waals surface area (Å²) in [6.45, 7) is 3.69. The molecule has 7 heteroatoms. The lowest BCUT2D eigenvalue weighted by Crippen LogP contribution is -2.07. The molecule has 2 heterocycles. The molecule has 7 nitrogen and oxygen atoms in total. The summed E-state index contributed by atoms with van der Waals surface area (Å²) in [5, 5.41) is 16.1.